The molecule has 1 aliphatic carbocycles. The second-order valence-electron chi connectivity index (χ2n) is 5.67. The minimum atomic E-state index is 0.698. The van der Waals surface area contributed by atoms with Crippen LogP contribution in [0.4, 0.5) is 0 Å². The van der Waals surface area contributed by atoms with Gasteiger partial charge in [0.25, 0.3) is 0 Å². The Kier molecular flexibility index (Phi) is 3.40. The van der Waals surface area contributed by atoms with Gasteiger partial charge in [-0.3, -0.25) is 5.32 Å². The smallest absolute Gasteiger partial charge is 0.0516 e. The Bertz CT molecular complexity index is 533. The fourth-order valence-corrected chi connectivity index (χ4v) is 3.36. The van der Waals surface area contributed by atoms with Gasteiger partial charge in [0, 0.05) is 22.1 Å². The van der Waals surface area contributed by atoms with Crippen molar-refractivity contribution in [3.8, 4) is 0 Å². The van der Waals surface area contributed by atoms with Crippen molar-refractivity contribution in [2.24, 2.45) is 5.92 Å². The van der Waals surface area contributed by atoms with Crippen LogP contribution in [-0.2, 0) is 0 Å². The van der Waals surface area contributed by atoms with Gasteiger partial charge in [0.2, 0.25) is 0 Å². The van der Waals surface area contributed by atoms with Crippen LogP contribution in [0.2, 0.25) is 0 Å². The van der Waals surface area contributed by atoms with Crippen molar-refractivity contribution >= 4 is 11.4 Å². The van der Waals surface area contributed by atoms with Crippen LogP contribution in [0.5, 0.6) is 0 Å². The lowest BCUT2D eigenvalue weighted by atomic mass is 9.88. The van der Waals surface area contributed by atoms with E-state index in [9.17, 15) is 0 Å². The predicted molar refractivity (Wildman–Crippen MR) is 76.1 cm³/mol. The van der Waals surface area contributed by atoms with E-state index in [1.165, 1.54) is 66.8 Å². The molecule has 3 rings (SSSR count). The van der Waals surface area contributed by atoms with Gasteiger partial charge < -0.3 is 0 Å². The van der Waals surface area contributed by atoms with Gasteiger partial charge in [0.1, 0.15) is 0 Å². The highest BCUT2D eigenvalue weighted by atomic mass is 14.9. The standard InChI is InChI=1S/C17H22N/c1-13-15-11-7-8-12-16(15)17(18-13)14-9-5-3-2-4-6-10-14/h7-8,11-12,14H,2-6,9-10H2,1H3. The van der Waals surface area contributed by atoms with Crippen molar-refractivity contribution in [1.82, 2.24) is 5.32 Å². The molecular weight excluding hydrogens is 218 g/mol. The first-order valence-corrected chi connectivity index (χ1v) is 7.38. The summed E-state index contributed by atoms with van der Waals surface area (Å²) in [6.07, 6.45) is 9.68. The molecule has 0 amide bonds. The normalized spacial score (nSPS) is 21.2. The highest BCUT2D eigenvalue weighted by molar-refractivity contribution is 5.63. The molecule has 1 fully saturated rings. The van der Waals surface area contributed by atoms with Crippen LogP contribution in [-0.4, -0.2) is 0 Å². The summed E-state index contributed by atoms with van der Waals surface area (Å²) in [5.41, 5.74) is 2.59. The number of nitrogens with zero attached hydrogens (tertiary/aromatic N) is 1. The van der Waals surface area contributed by atoms with Crippen molar-refractivity contribution in [2.75, 3.05) is 0 Å². The van der Waals surface area contributed by atoms with Gasteiger partial charge in [-0.15, -0.1) is 0 Å². The molecular formula is C17H22N. The van der Waals surface area contributed by atoms with Crippen LogP contribution in [0, 0.1) is 5.92 Å². The van der Waals surface area contributed by atoms with Crippen molar-refractivity contribution < 1.29 is 0 Å². The van der Waals surface area contributed by atoms with Crippen LogP contribution in [0.25, 0.3) is 11.4 Å². The first-order valence-electron chi connectivity index (χ1n) is 7.38. The van der Waals surface area contributed by atoms with E-state index in [2.05, 4.69) is 31.2 Å². The average Bonchev–Trinajstić information content (AvgIpc) is 2.67. The van der Waals surface area contributed by atoms with Crippen molar-refractivity contribution in [3.63, 3.8) is 0 Å². The number of fused-ring (bicyclic) bond motifs is 1. The van der Waals surface area contributed by atoms with Crippen molar-refractivity contribution in [3.05, 3.63) is 34.7 Å². The van der Waals surface area contributed by atoms with E-state index in [1.807, 2.05) is 0 Å². The summed E-state index contributed by atoms with van der Waals surface area (Å²) in [5, 5.41) is 7.65. The van der Waals surface area contributed by atoms with Gasteiger partial charge in [-0.25, -0.2) is 0 Å². The highest BCUT2D eigenvalue weighted by Gasteiger charge is 2.21. The molecule has 95 valence electrons. The predicted octanol–water partition coefficient (Wildman–Crippen LogP) is 2.90. The molecule has 1 aliphatic heterocycles. The van der Waals surface area contributed by atoms with E-state index < -0.39 is 0 Å². The van der Waals surface area contributed by atoms with Gasteiger partial charge in [-0.2, -0.15) is 0 Å². The Morgan fingerprint density at radius 1 is 0.889 bits per heavy atom. The van der Waals surface area contributed by atoms with Crippen LogP contribution < -0.4 is 15.8 Å². The van der Waals surface area contributed by atoms with Crippen molar-refractivity contribution in [1.29, 1.82) is 0 Å². The van der Waals surface area contributed by atoms with Gasteiger partial charge >= 0.3 is 0 Å². The topological polar surface area (TPSA) is 14.1 Å². The Morgan fingerprint density at radius 2 is 1.50 bits per heavy atom. The number of hydrogen-bond acceptors (Lipinski definition) is 0. The van der Waals surface area contributed by atoms with Crippen LogP contribution >= 0.6 is 0 Å². The molecule has 1 radical (unpaired) electrons. The third kappa shape index (κ3) is 2.19. The summed E-state index contributed by atoms with van der Waals surface area (Å²) in [7, 11) is 0. The van der Waals surface area contributed by atoms with E-state index in [0.29, 0.717) is 5.92 Å². The monoisotopic (exact) mass is 240 g/mol. The maximum Gasteiger partial charge on any atom is 0.0516 e. The van der Waals surface area contributed by atoms with E-state index in [-0.39, 0.29) is 0 Å². The molecule has 0 atom stereocenters. The molecule has 0 bridgehead atoms. The fraction of sp³-hybridized carbons (Fsp3) is 0.529. The molecule has 18 heavy (non-hydrogen) atoms. The van der Waals surface area contributed by atoms with Gasteiger partial charge in [-0.05, 0) is 19.8 Å². The zero-order valence-electron chi connectivity index (χ0n) is 11.3. The molecule has 1 heteroatoms. The summed E-state index contributed by atoms with van der Waals surface area (Å²) >= 11 is 0. The second-order valence-corrected chi connectivity index (χ2v) is 5.67. The SMILES string of the molecule is CC1=c2ccccc2=C(C2CCCCCCC2)[N]1. The van der Waals surface area contributed by atoms with Gasteiger partial charge in [0.15, 0.2) is 0 Å². The van der Waals surface area contributed by atoms with E-state index in [0.717, 1.165) is 0 Å². The molecule has 0 unspecified atom stereocenters. The quantitative estimate of drug-likeness (QED) is 0.716. The molecule has 1 saturated carbocycles. The van der Waals surface area contributed by atoms with Crippen LogP contribution in [0.1, 0.15) is 51.9 Å². The minimum Gasteiger partial charge on any atom is -0.257 e. The molecule has 1 heterocycles. The molecule has 0 saturated heterocycles. The van der Waals surface area contributed by atoms with E-state index in [1.54, 1.807) is 0 Å². The Labute approximate surface area is 110 Å². The highest BCUT2D eigenvalue weighted by Crippen LogP contribution is 2.28. The second kappa shape index (κ2) is 5.17. The molecule has 2 aliphatic rings. The molecule has 1 nitrogen and oxygen atoms in total. The molecule has 0 aromatic heterocycles. The number of hydrogen-bond donors (Lipinski definition) is 0. The Balaban J connectivity index is 1.97. The van der Waals surface area contributed by atoms with E-state index >= 15 is 0 Å². The lowest BCUT2D eigenvalue weighted by Crippen LogP contribution is -2.25. The summed E-state index contributed by atoms with van der Waals surface area (Å²) in [5.74, 6) is 0.698. The lowest BCUT2D eigenvalue weighted by Gasteiger charge is -2.20. The first-order chi connectivity index (χ1) is 8.86. The number of benzene rings is 1. The zero-order chi connectivity index (χ0) is 12.4. The number of rotatable bonds is 1. The third-order valence-electron chi connectivity index (χ3n) is 4.37. The zero-order valence-corrected chi connectivity index (χ0v) is 11.3. The summed E-state index contributed by atoms with van der Waals surface area (Å²) in [4.78, 5) is 0. The summed E-state index contributed by atoms with van der Waals surface area (Å²) in [6, 6.07) is 8.74. The molecule has 0 spiro atoms. The Hall–Kier alpha value is -1.24. The third-order valence-corrected chi connectivity index (χ3v) is 4.37. The summed E-state index contributed by atoms with van der Waals surface area (Å²) < 4.78 is 0. The van der Waals surface area contributed by atoms with Gasteiger partial charge in [-0.1, -0.05) is 56.4 Å². The van der Waals surface area contributed by atoms with Crippen LogP contribution in [0.3, 0.4) is 0 Å². The van der Waals surface area contributed by atoms with Crippen molar-refractivity contribution in [2.45, 2.75) is 51.9 Å². The molecule has 0 N–H and O–H groups in total. The fourth-order valence-electron chi connectivity index (χ4n) is 3.36. The summed E-state index contributed by atoms with van der Waals surface area (Å²) in [6.45, 7) is 2.15. The van der Waals surface area contributed by atoms with Crippen LogP contribution in [0.15, 0.2) is 24.3 Å². The minimum absolute atomic E-state index is 0.698. The Morgan fingerprint density at radius 3 is 2.22 bits per heavy atom. The van der Waals surface area contributed by atoms with Gasteiger partial charge in [0.05, 0.1) is 5.70 Å². The lowest BCUT2D eigenvalue weighted by molar-refractivity contribution is 0.436. The molecule has 1 aromatic rings. The maximum atomic E-state index is 4.89. The average molecular weight is 240 g/mol. The molecule has 1 aromatic carbocycles. The largest absolute Gasteiger partial charge is 0.257 e. The maximum absolute atomic E-state index is 4.89. The first kappa shape index (κ1) is 11.8. The van der Waals surface area contributed by atoms with E-state index in [4.69, 9.17) is 5.32 Å².